The summed E-state index contributed by atoms with van der Waals surface area (Å²) in [4.78, 5) is 41.1. The van der Waals surface area contributed by atoms with Gasteiger partial charge >= 0.3 is 6.09 Å². The van der Waals surface area contributed by atoms with Crippen LogP contribution in [0.25, 0.3) is 0 Å². The highest BCUT2D eigenvalue weighted by Gasteiger charge is 2.41. The van der Waals surface area contributed by atoms with Crippen molar-refractivity contribution >= 4 is 30.5 Å². The normalized spacial score (nSPS) is 13.8. The van der Waals surface area contributed by atoms with Crippen LogP contribution < -0.4 is 10.6 Å². The Kier molecular flexibility index (Phi) is 10.3. The summed E-state index contributed by atoms with van der Waals surface area (Å²) >= 11 is 4.30. The SMILES string of the molecule is CCc1ccc(C(C(=O)NC(C)C)N(C(=O)C(CS)NC(=O)OC(C)(C)C)C(C)(C)C)cc1. The molecule has 1 rings (SSSR count). The maximum Gasteiger partial charge on any atom is 0.408 e. The van der Waals surface area contributed by atoms with E-state index in [4.69, 9.17) is 4.74 Å². The van der Waals surface area contributed by atoms with E-state index >= 15 is 0 Å². The zero-order valence-electron chi connectivity index (χ0n) is 21.5. The number of alkyl carbamates (subject to hydrolysis) is 1. The van der Waals surface area contributed by atoms with Gasteiger partial charge in [0.15, 0.2) is 0 Å². The van der Waals surface area contributed by atoms with Crippen molar-refractivity contribution in [1.29, 1.82) is 0 Å². The highest BCUT2D eigenvalue weighted by atomic mass is 32.1. The fraction of sp³-hybridized carbons (Fsp3) is 0.640. The summed E-state index contributed by atoms with van der Waals surface area (Å²) in [6, 6.07) is 5.74. The first-order valence-electron chi connectivity index (χ1n) is 11.4. The maximum atomic E-state index is 13.8. The zero-order valence-corrected chi connectivity index (χ0v) is 22.4. The average Bonchev–Trinajstić information content (AvgIpc) is 2.66. The Labute approximate surface area is 204 Å². The van der Waals surface area contributed by atoms with Crippen molar-refractivity contribution in [2.75, 3.05) is 5.75 Å². The number of amides is 3. The van der Waals surface area contributed by atoms with Crippen LogP contribution in [0.1, 0.15) is 79.5 Å². The molecule has 33 heavy (non-hydrogen) atoms. The number of ether oxygens (including phenoxy) is 1. The van der Waals surface area contributed by atoms with E-state index in [1.807, 2.05) is 58.9 Å². The molecule has 0 radical (unpaired) electrons. The van der Waals surface area contributed by atoms with Crippen LogP contribution >= 0.6 is 12.6 Å². The van der Waals surface area contributed by atoms with E-state index in [9.17, 15) is 14.4 Å². The molecule has 0 aliphatic rings. The lowest BCUT2D eigenvalue weighted by Crippen LogP contribution is -2.59. The summed E-state index contributed by atoms with van der Waals surface area (Å²) in [5.41, 5.74) is 0.397. The molecule has 0 aliphatic heterocycles. The van der Waals surface area contributed by atoms with Crippen molar-refractivity contribution in [1.82, 2.24) is 15.5 Å². The summed E-state index contributed by atoms with van der Waals surface area (Å²) in [6.07, 6.45) is 0.159. The number of aryl methyl sites for hydroxylation is 1. The maximum absolute atomic E-state index is 13.8. The highest BCUT2D eigenvalue weighted by molar-refractivity contribution is 7.80. The van der Waals surface area contributed by atoms with Gasteiger partial charge < -0.3 is 20.3 Å². The van der Waals surface area contributed by atoms with E-state index in [1.54, 1.807) is 20.8 Å². The monoisotopic (exact) mass is 479 g/mol. The Morgan fingerprint density at radius 2 is 1.55 bits per heavy atom. The van der Waals surface area contributed by atoms with Crippen LogP contribution in [-0.4, -0.2) is 51.8 Å². The number of hydrogen-bond donors (Lipinski definition) is 3. The van der Waals surface area contributed by atoms with Gasteiger partial charge in [-0.1, -0.05) is 31.2 Å². The van der Waals surface area contributed by atoms with Crippen LogP contribution in [0, 0.1) is 0 Å². The Balaban J connectivity index is 3.45. The van der Waals surface area contributed by atoms with Crippen molar-refractivity contribution in [3.63, 3.8) is 0 Å². The molecule has 1 aromatic carbocycles. The van der Waals surface area contributed by atoms with Gasteiger partial charge in [0.2, 0.25) is 11.8 Å². The molecule has 0 bridgehead atoms. The number of nitrogens with zero attached hydrogens (tertiary/aromatic N) is 1. The minimum atomic E-state index is -0.966. The van der Waals surface area contributed by atoms with Gasteiger partial charge in [0, 0.05) is 17.3 Å². The van der Waals surface area contributed by atoms with Gasteiger partial charge in [0.1, 0.15) is 17.7 Å². The minimum absolute atomic E-state index is 0.0535. The molecule has 0 saturated carbocycles. The largest absolute Gasteiger partial charge is 0.444 e. The molecule has 0 fully saturated rings. The lowest BCUT2D eigenvalue weighted by Gasteiger charge is -2.43. The summed E-state index contributed by atoms with van der Waals surface area (Å²) in [7, 11) is 0. The van der Waals surface area contributed by atoms with E-state index in [-0.39, 0.29) is 17.7 Å². The van der Waals surface area contributed by atoms with Gasteiger partial charge in [-0.05, 0) is 72.9 Å². The topological polar surface area (TPSA) is 87.7 Å². The molecule has 0 aliphatic carbocycles. The van der Waals surface area contributed by atoms with Crippen LogP contribution in [0.3, 0.4) is 0 Å². The van der Waals surface area contributed by atoms with E-state index in [2.05, 4.69) is 30.2 Å². The van der Waals surface area contributed by atoms with E-state index in [1.165, 1.54) is 4.90 Å². The second-order valence-electron chi connectivity index (χ2n) is 10.4. The average molecular weight is 480 g/mol. The number of benzene rings is 1. The molecule has 186 valence electrons. The Bertz CT molecular complexity index is 810. The molecule has 0 saturated heterocycles. The Morgan fingerprint density at radius 3 is 1.94 bits per heavy atom. The zero-order chi connectivity index (χ0) is 25.6. The third-order valence-corrected chi connectivity index (χ3v) is 5.14. The van der Waals surface area contributed by atoms with Gasteiger partial charge in [-0.15, -0.1) is 0 Å². The number of rotatable bonds is 8. The van der Waals surface area contributed by atoms with Gasteiger partial charge in [0.05, 0.1) is 0 Å². The summed E-state index contributed by atoms with van der Waals surface area (Å²) in [5, 5.41) is 5.56. The Hall–Kier alpha value is -2.22. The smallest absolute Gasteiger partial charge is 0.408 e. The van der Waals surface area contributed by atoms with Gasteiger partial charge in [-0.2, -0.15) is 12.6 Å². The van der Waals surface area contributed by atoms with Gasteiger partial charge in [-0.25, -0.2) is 4.79 Å². The first kappa shape index (κ1) is 28.8. The molecule has 1 aromatic rings. The number of carbonyl (C=O) groups is 3. The highest BCUT2D eigenvalue weighted by Crippen LogP contribution is 2.30. The Morgan fingerprint density at radius 1 is 1.00 bits per heavy atom. The predicted octanol–water partition coefficient (Wildman–Crippen LogP) is 4.26. The quantitative estimate of drug-likeness (QED) is 0.486. The van der Waals surface area contributed by atoms with E-state index < -0.39 is 35.2 Å². The van der Waals surface area contributed by atoms with Crippen molar-refractivity contribution in [2.24, 2.45) is 0 Å². The van der Waals surface area contributed by atoms with Gasteiger partial charge in [0.25, 0.3) is 0 Å². The molecule has 2 unspecified atom stereocenters. The third-order valence-electron chi connectivity index (χ3n) is 4.77. The third kappa shape index (κ3) is 8.91. The van der Waals surface area contributed by atoms with Crippen LogP contribution in [-0.2, 0) is 20.7 Å². The number of thiol groups is 1. The molecular formula is C25H41N3O4S. The second kappa shape index (κ2) is 11.8. The lowest BCUT2D eigenvalue weighted by atomic mass is 9.94. The van der Waals surface area contributed by atoms with Crippen molar-refractivity contribution < 1.29 is 19.1 Å². The lowest BCUT2D eigenvalue weighted by molar-refractivity contribution is -0.148. The van der Waals surface area contributed by atoms with E-state index in [0.29, 0.717) is 5.56 Å². The van der Waals surface area contributed by atoms with Crippen molar-refractivity contribution in [3.8, 4) is 0 Å². The predicted molar refractivity (Wildman–Crippen MR) is 135 cm³/mol. The summed E-state index contributed by atoms with van der Waals surface area (Å²) in [6.45, 7) is 16.6. The molecule has 7 nitrogen and oxygen atoms in total. The van der Waals surface area contributed by atoms with Crippen LogP contribution in [0.15, 0.2) is 24.3 Å². The standard InChI is InChI=1S/C25H41N3O4S/c1-10-17-11-13-18(14-12-17)20(21(29)26-16(2)3)28(24(4,5)6)22(30)19(15-33)27-23(31)32-25(7,8)9/h11-14,16,19-20,33H,10,15H2,1-9H3,(H,26,29)(H,27,31). The number of carbonyl (C=O) groups excluding carboxylic acids is 3. The first-order valence-corrected chi connectivity index (χ1v) is 12.1. The molecule has 2 atom stereocenters. The fourth-order valence-electron chi connectivity index (χ4n) is 3.37. The molecular weight excluding hydrogens is 438 g/mol. The molecule has 3 amide bonds. The molecule has 0 spiro atoms. The van der Waals surface area contributed by atoms with E-state index in [0.717, 1.165) is 12.0 Å². The molecule has 0 heterocycles. The van der Waals surface area contributed by atoms with Crippen molar-refractivity contribution in [3.05, 3.63) is 35.4 Å². The van der Waals surface area contributed by atoms with Gasteiger partial charge in [-0.3, -0.25) is 9.59 Å². The number of nitrogens with one attached hydrogen (secondary N) is 2. The molecule has 0 aromatic heterocycles. The molecule has 2 N–H and O–H groups in total. The van der Waals surface area contributed by atoms with Crippen LogP contribution in [0.2, 0.25) is 0 Å². The van der Waals surface area contributed by atoms with Crippen molar-refractivity contribution in [2.45, 2.75) is 98.0 Å². The summed E-state index contributed by atoms with van der Waals surface area (Å²) < 4.78 is 5.32. The molecule has 8 heteroatoms. The second-order valence-corrected chi connectivity index (χ2v) is 10.8. The minimum Gasteiger partial charge on any atom is -0.444 e. The first-order chi connectivity index (χ1) is 15.1. The number of hydrogen-bond acceptors (Lipinski definition) is 5. The fourth-order valence-corrected chi connectivity index (χ4v) is 3.61. The van der Waals surface area contributed by atoms with Crippen LogP contribution in [0.4, 0.5) is 4.79 Å². The van der Waals surface area contributed by atoms with Crippen LogP contribution in [0.5, 0.6) is 0 Å². The summed E-state index contributed by atoms with van der Waals surface area (Å²) in [5.74, 6) is -0.641.